The molecular formula is C17H21N3O3. The van der Waals surface area contributed by atoms with Gasteiger partial charge in [-0.3, -0.25) is 0 Å². The maximum atomic E-state index is 12.1. The highest BCUT2D eigenvalue weighted by molar-refractivity contribution is 5.91. The summed E-state index contributed by atoms with van der Waals surface area (Å²) >= 11 is 0. The van der Waals surface area contributed by atoms with Gasteiger partial charge in [0, 0.05) is 0 Å². The average molecular weight is 315 g/mol. The normalized spacial score (nSPS) is 10.4. The summed E-state index contributed by atoms with van der Waals surface area (Å²) in [5.41, 5.74) is 8.95. The highest BCUT2D eigenvalue weighted by Gasteiger charge is 2.20. The van der Waals surface area contributed by atoms with Gasteiger partial charge in [-0.05, 0) is 38.8 Å². The van der Waals surface area contributed by atoms with Gasteiger partial charge in [-0.2, -0.15) is 0 Å². The van der Waals surface area contributed by atoms with Crippen molar-refractivity contribution in [1.82, 2.24) is 9.97 Å². The molecule has 1 aromatic heterocycles. The summed E-state index contributed by atoms with van der Waals surface area (Å²) in [6.45, 7) is 7.78. The van der Waals surface area contributed by atoms with E-state index in [2.05, 4.69) is 9.97 Å². The first kappa shape index (κ1) is 16.7. The smallest absolute Gasteiger partial charge is 0.341 e. The zero-order chi connectivity index (χ0) is 17.0. The van der Waals surface area contributed by atoms with Gasteiger partial charge in [0.15, 0.2) is 0 Å². The van der Waals surface area contributed by atoms with Crippen LogP contribution >= 0.6 is 0 Å². The van der Waals surface area contributed by atoms with Crippen molar-refractivity contribution in [3.63, 3.8) is 0 Å². The molecule has 0 amide bonds. The molecule has 0 unspecified atom stereocenters. The molecule has 2 rings (SSSR count). The van der Waals surface area contributed by atoms with Crippen LogP contribution in [0.2, 0.25) is 0 Å². The van der Waals surface area contributed by atoms with Crippen LogP contribution in [0.5, 0.6) is 5.75 Å². The zero-order valence-electron chi connectivity index (χ0n) is 13.8. The van der Waals surface area contributed by atoms with Crippen LogP contribution in [0.1, 0.15) is 39.8 Å². The van der Waals surface area contributed by atoms with Gasteiger partial charge in [0.05, 0.1) is 18.0 Å². The van der Waals surface area contributed by atoms with Crippen LogP contribution in [0.3, 0.4) is 0 Å². The van der Waals surface area contributed by atoms with Gasteiger partial charge in [-0.15, -0.1) is 0 Å². The average Bonchev–Trinajstić information content (AvgIpc) is 2.46. The summed E-state index contributed by atoms with van der Waals surface area (Å²) in [5.74, 6) is 0.415. The molecule has 23 heavy (non-hydrogen) atoms. The standard InChI is InChI=1S/C17H21N3O3/c1-5-22-16(21)14-12(4)19-17(18)20-13(14)9-23-15-10(2)7-6-8-11(15)3/h6-8H,5,9H2,1-4H3,(H2,18,19,20). The van der Waals surface area contributed by atoms with Crippen molar-refractivity contribution in [3.8, 4) is 5.75 Å². The van der Waals surface area contributed by atoms with Gasteiger partial charge in [0.25, 0.3) is 0 Å². The molecule has 0 radical (unpaired) electrons. The Bertz CT molecular complexity index is 709. The Hall–Kier alpha value is -2.63. The number of para-hydroxylation sites is 1. The number of anilines is 1. The van der Waals surface area contributed by atoms with Crippen molar-refractivity contribution in [2.24, 2.45) is 0 Å². The van der Waals surface area contributed by atoms with E-state index in [-0.39, 0.29) is 19.2 Å². The molecule has 6 heteroatoms. The molecule has 2 N–H and O–H groups in total. The molecule has 0 aliphatic carbocycles. The number of rotatable bonds is 5. The Balaban J connectivity index is 2.34. The van der Waals surface area contributed by atoms with Gasteiger partial charge in [-0.25, -0.2) is 14.8 Å². The van der Waals surface area contributed by atoms with Crippen molar-refractivity contribution in [3.05, 3.63) is 46.3 Å². The lowest BCUT2D eigenvalue weighted by atomic mass is 10.1. The molecule has 0 saturated carbocycles. The summed E-state index contributed by atoms with van der Waals surface area (Å²) in [5, 5.41) is 0. The molecule has 0 bridgehead atoms. The fourth-order valence-electron chi connectivity index (χ4n) is 2.40. The highest BCUT2D eigenvalue weighted by atomic mass is 16.5. The third kappa shape index (κ3) is 3.77. The fraction of sp³-hybridized carbons (Fsp3) is 0.353. The van der Waals surface area contributed by atoms with E-state index in [9.17, 15) is 4.79 Å². The molecule has 0 atom stereocenters. The second-order valence-electron chi connectivity index (χ2n) is 5.22. The van der Waals surface area contributed by atoms with Crippen LogP contribution in [0.4, 0.5) is 5.95 Å². The van der Waals surface area contributed by atoms with Gasteiger partial charge in [-0.1, -0.05) is 18.2 Å². The first-order valence-corrected chi connectivity index (χ1v) is 7.43. The Morgan fingerprint density at radius 1 is 1.17 bits per heavy atom. The van der Waals surface area contributed by atoms with E-state index in [4.69, 9.17) is 15.2 Å². The number of nitrogens with zero attached hydrogens (tertiary/aromatic N) is 2. The molecule has 2 aromatic rings. The summed E-state index contributed by atoms with van der Waals surface area (Å²) in [4.78, 5) is 20.3. The third-order valence-electron chi connectivity index (χ3n) is 3.42. The predicted molar refractivity (Wildman–Crippen MR) is 87.4 cm³/mol. The molecule has 0 aliphatic rings. The number of ether oxygens (including phenoxy) is 2. The number of hydrogen-bond acceptors (Lipinski definition) is 6. The summed E-state index contributed by atoms with van der Waals surface area (Å²) in [6, 6.07) is 5.90. The van der Waals surface area contributed by atoms with Crippen molar-refractivity contribution in [1.29, 1.82) is 0 Å². The number of nitrogens with two attached hydrogens (primary N) is 1. The van der Waals surface area contributed by atoms with Gasteiger partial charge < -0.3 is 15.2 Å². The SMILES string of the molecule is CCOC(=O)c1c(C)nc(N)nc1COc1c(C)cccc1C. The molecule has 1 heterocycles. The minimum absolute atomic E-state index is 0.107. The van der Waals surface area contributed by atoms with E-state index < -0.39 is 5.97 Å². The van der Waals surface area contributed by atoms with Crippen LogP contribution in [-0.4, -0.2) is 22.5 Å². The van der Waals surface area contributed by atoms with Crippen LogP contribution in [0, 0.1) is 20.8 Å². The zero-order valence-corrected chi connectivity index (χ0v) is 13.8. The van der Waals surface area contributed by atoms with E-state index in [0.717, 1.165) is 16.9 Å². The summed E-state index contributed by atoms with van der Waals surface area (Å²) < 4.78 is 11.0. The quantitative estimate of drug-likeness (QED) is 0.854. The molecule has 6 nitrogen and oxygen atoms in total. The van der Waals surface area contributed by atoms with Crippen LogP contribution in [0.15, 0.2) is 18.2 Å². The number of carbonyl (C=O) groups excluding carboxylic acids is 1. The molecule has 122 valence electrons. The lowest BCUT2D eigenvalue weighted by Gasteiger charge is -2.14. The minimum Gasteiger partial charge on any atom is -0.487 e. The largest absolute Gasteiger partial charge is 0.487 e. The third-order valence-corrected chi connectivity index (χ3v) is 3.42. The number of nitrogen functional groups attached to an aromatic ring is 1. The Morgan fingerprint density at radius 2 is 1.83 bits per heavy atom. The predicted octanol–water partition coefficient (Wildman–Crippen LogP) is 2.74. The summed E-state index contributed by atoms with van der Waals surface area (Å²) in [7, 11) is 0. The second-order valence-corrected chi connectivity index (χ2v) is 5.22. The van der Waals surface area contributed by atoms with E-state index in [1.807, 2.05) is 32.0 Å². The second kappa shape index (κ2) is 7.09. The number of esters is 1. The van der Waals surface area contributed by atoms with Crippen molar-refractivity contribution in [2.45, 2.75) is 34.3 Å². The van der Waals surface area contributed by atoms with Crippen molar-refractivity contribution in [2.75, 3.05) is 12.3 Å². The topological polar surface area (TPSA) is 87.3 Å². The maximum absolute atomic E-state index is 12.1. The van der Waals surface area contributed by atoms with E-state index in [0.29, 0.717) is 17.0 Å². The number of aromatic nitrogens is 2. The molecular weight excluding hydrogens is 294 g/mol. The minimum atomic E-state index is -0.467. The van der Waals surface area contributed by atoms with Crippen LogP contribution in [0.25, 0.3) is 0 Å². The Morgan fingerprint density at radius 3 is 2.43 bits per heavy atom. The summed E-state index contributed by atoms with van der Waals surface area (Å²) in [6.07, 6.45) is 0. The monoisotopic (exact) mass is 315 g/mol. The molecule has 0 aliphatic heterocycles. The number of benzene rings is 1. The van der Waals surface area contributed by atoms with E-state index >= 15 is 0 Å². The number of carbonyl (C=O) groups is 1. The lowest BCUT2D eigenvalue weighted by molar-refractivity contribution is 0.0521. The highest BCUT2D eigenvalue weighted by Crippen LogP contribution is 2.24. The van der Waals surface area contributed by atoms with Gasteiger partial charge in [0.2, 0.25) is 5.95 Å². The molecule has 0 fully saturated rings. The van der Waals surface area contributed by atoms with Gasteiger partial charge in [0.1, 0.15) is 17.9 Å². The van der Waals surface area contributed by atoms with Gasteiger partial charge >= 0.3 is 5.97 Å². The van der Waals surface area contributed by atoms with Crippen molar-refractivity contribution >= 4 is 11.9 Å². The molecule has 1 aromatic carbocycles. The number of hydrogen-bond donors (Lipinski definition) is 1. The lowest BCUT2D eigenvalue weighted by Crippen LogP contribution is -2.16. The maximum Gasteiger partial charge on any atom is 0.341 e. The van der Waals surface area contributed by atoms with Crippen LogP contribution in [-0.2, 0) is 11.3 Å². The molecule has 0 spiro atoms. The number of aryl methyl sites for hydroxylation is 3. The fourth-order valence-corrected chi connectivity index (χ4v) is 2.40. The van der Waals surface area contributed by atoms with Crippen LogP contribution < -0.4 is 10.5 Å². The Labute approximate surface area is 135 Å². The first-order valence-electron chi connectivity index (χ1n) is 7.43. The van der Waals surface area contributed by atoms with Crippen molar-refractivity contribution < 1.29 is 14.3 Å². The first-order chi connectivity index (χ1) is 10.9. The molecule has 0 saturated heterocycles. The van der Waals surface area contributed by atoms with E-state index in [1.165, 1.54) is 0 Å². The Kier molecular flexibility index (Phi) is 5.16. The van der Waals surface area contributed by atoms with E-state index in [1.54, 1.807) is 13.8 Å².